The molecule has 0 aliphatic heterocycles. The number of thiophene rings is 1. The Balaban J connectivity index is 1.83. The molecule has 2 aromatic rings. The third-order valence-corrected chi connectivity index (χ3v) is 3.42. The number of hydrogen-bond acceptors (Lipinski definition) is 2. The number of benzene rings is 1. The zero-order valence-corrected chi connectivity index (χ0v) is 10.6. The summed E-state index contributed by atoms with van der Waals surface area (Å²) in [6, 6.07) is 12.1. The van der Waals surface area contributed by atoms with E-state index in [-0.39, 0.29) is 0 Å². The van der Waals surface area contributed by atoms with E-state index in [0.717, 1.165) is 23.2 Å². The van der Waals surface area contributed by atoms with Crippen molar-refractivity contribution >= 4 is 27.3 Å². The lowest BCUT2D eigenvalue weighted by molar-refractivity contribution is 0.323. The van der Waals surface area contributed by atoms with Gasteiger partial charge in [-0.15, -0.1) is 11.3 Å². The van der Waals surface area contributed by atoms with Crippen LogP contribution in [-0.2, 0) is 6.42 Å². The van der Waals surface area contributed by atoms with Gasteiger partial charge in [-0.1, -0.05) is 28.1 Å². The highest BCUT2D eigenvalue weighted by Crippen LogP contribution is 2.18. The maximum Gasteiger partial charge on any atom is 0.120 e. The van der Waals surface area contributed by atoms with Crippen molar-refractivity contribution in [3.05, 3.63) is 51.1 Å². The third-order valence-electron chi connectivity index (χ3n) is 1.99. The van der Waals surface area contributed by atoms with Crippen LogP contribution < -0.4 is 4.74 Å². The van der Waals surface area contributed by atoms with Gasteiger partial charge in [0.2, 0.25) is 0 Å². The zero-order chi connectivity index (χ0) is 10.5. The number of ether oxygens (including phenoxy) is 1. The van der Waals surface area contributed by atoms with Gasteiger partial charge in [0.1, 0.15) is 5.75 Å². The fraction of sp³-hybridized carbons (Fsp3) is 0.167. The molecular formula is C12H11BrOS. The highest BCUT2D eigenvalue weighted by Gasteiger charge is 1.96. The first-order chi connectivity index (χ1) is 7.34. The molecule has 0 atom stereocenters. The topological polar surface area (TPSA) is 9.23 Å². The van der Waals surface area contributed by atoms with E-state index in [9.17, 15) is 0 Å². The predicted octanol–water partition coefficient (Wildman–Crippen LogP) is 4.13. The first kappa shape index (κ1) is 10.7. The number of rotatable bonds is 4. The van der Waals surface area contributed by atoms with Crippen LogP contribution >= 0.6 is 27.3 Å². The molecule has 0 aliphatic carbocycles. The van der Waals surface area contributed by atoms with Gasteiger partial charge in [-0.2, -0.15) is 0 Å². The fourth-order valence-electron chi connectivity index (χ4n) is 1.28. The molecule has 0 aliphatic rings. The Labute approximate surface area is 102 Å². The summed E-state index contributed by atoms with van der Waals surface area (Å²) >= 11 is 5.19. The molecule has 0 spiro atoms. The van der Waals surface area contributed by atoms with E-state index < -0.39 is 0 Å². The molecule has 3 heteroatoms. The Kier molecular flexibility index (Phi) is 3.80. The van der Waals surface area contributed by atoms with E-state index in [4.69, 9.17) is 4.74 Å². The molecule has 0 N–H and O–H groups in total. The van der Waals surface area contributed by atoms with Gasteiger partial charge in [-0.3, -0.25) is 0 Å². The monoisotopic (exact) mass is 282 g/mol. The lowest BCUT2D eigenvalue weighted by atomic mass is 10.3. The quantitative estimate of drug-likeness (QED) is 0.819. The molecular weight excluding hydrogens is 272 g/mol. The minimum atomic E-state index is 0.733. The molecule has 1 aromatic heterocycles. The third kappa shape index (κ3) is 3.36. The number of halogens is 1. The summed E-state index contributed by atoms with van der Waals surface area (Å²) in [5.74, 6) is 0.918. The van der Waals surface area contributed by atoms with Crippen molar-refractivity contribution in [1.82, 2.24) is 0 Å². The second-order valence-corrected chi connectivity index (χ2v) is 5.08. The van der Waals surface area contributed by atoms with Crippen LogP contribution in [0.1, 0.15) is 4.88 Å². The standard InChI is InChI=1S/C12H11BrOS/c13-10-3-1-4-11(9-10)14-7-6-12-5-2-8-15-12/h1-5,8-9H,6-7H2. The van der Waals surface area contributed by atoms with Crippen molar-refractivity contribution < 1.29 is 4.74 Å². The van der Waals surface area contributed by atoms with Crippen LogP contribution in [0.5, 0.6) is 5.75 Å². The van der Waals surface area contributed by atoms with Crippen LogP contribution in [0.2, 0.25) is 0 Å². The highest BCUT2D eigenvalue weighted by atomic mass is 79.9. The van der Waals surface area contributed by atoms with E-state index in [1.165, 1.54) is 4.88 Å². The van der Waals surface area contributed by atoms with Crippen molar-refractivity contribution in [2.24, 2.45) is 0 Å². The van der Waals surface area contributed by atoms with Crippen LogP contribution in [-0.4, -0.2) is 6.61 Å². The van der Waals surface area contributed by atoms with E-state index >= 15 is 0 Å². The van der Waals surface area contributed by atoms with Crippen LogP contribution in [0.4, 0.5) is 0 Å². The Bertz CT molecular complexity index is 411. The molecule has 0 saturated heterocycles. The van der Waals surface area contributed by atoms with Crippen molar-refractivity contribution in [1.29, 1.82) is 0 Å². The number of hydrogen-bond donors (Lipinski definition) is 0. The molecule has 1 heterocycles. The van der Waals surface area contributed by atoms with E-state index in [0.29, 0.717) is 0 Å². The first-order valence-electron chi connectivity index (χ1n) is 4.75. The molecule has 2 rings (SSSR count). The van der Waals surface area contributed by atoms with Gasteiger partial charge in [0.15, 0.2) is 0 Å². The van der Waals surface area contributed by atoms with Gasteiger partial charge in [-0.05, 0) is 29.6 Å². The Morgan fingerprint density at radius 3 is 2.87 bits per heavy atom. The highest BCUT2D eigenvalue weighted by molar-refractivity contribution is 9.10. The summed E-state index contributed by atoms with van der Waals surface area (Å²) < 4.78 is 6.69. The molecule has 1 aromatic carbocycles. The SMILES string of the molecule is Brc1cccc(OCCc2cccs2)c1. The zero-order valence-electron chi connectivity index (χ0n) is 8.15. The van der Waals surface area contributed by atoms with Gasteiger partial charge in [0.05, 0.1) is 6.61 Å². The smallest absolute Gasteiger partial charge is 0.120 e. The first-order valence-corrected chi connectivity index (χ1v) is 6.42. The minimum absolute atomic E-state index is 0.733. The average molecular weight is 283 g/mol. The Morgan fingerprint density at radius 1 is 1.20 bits per heavy atom. The molecule has 0 unspecified atom stereocenters. The molecule has 0 fully saturated rings. The Hall–Kier alpha value is -0.800. The van der Waals surface area contributed by atoms with Gasteiger partial charge in [-0.25, -0.2) is 0 Å². The molecule has 0 amide bonds. The largest absolute Gasteiger partial charge is 0.493 e. The second kappa shape index (κ2) is 5.33. The van der Waals surface area contributed by atoms with Crippen molar-refractivity contribution in [2.45, 2.75) is 6.42 Å². The average Bonchev–Trinajstić information content (AvgIpc) is 2.71. The van der Waals surface area contributed by atoms with Gasteiger partial charge < -0.3 is 4.74 Å². The summed E-state index contributed by atoms with van der Waals surface area (Å²) in [4.78, 5) is 1.37. The minimum Gasteiger partial charge on any atom is -0.493 e. The normalized spacial score (nSPS) is 10.2. The van der Waals surface area contributed by atoms with E-state index in [2.05, 4.69) is 33.4 Å². The maximum atomic E-state index is 5.64. The molecule has 0 bridgehead atoms. The summed E-state index contributed by atoms with van der Waals surface area (Å²) in [5.41, 5.74) is 0. The molecule has 15 heavy (non-hydrogen) atoms. The van der Waals surface area contributed by atoms with Gasteiger partial charge >= 0.3 is 0 Å². The molecule has 78 valence electrons. The van der Waals surface area contributed by atoms with Crippen LogP contribution in [0, 0.1) is 0 Å². The lowest BCUT2D eigenvalue weighted by Crippen LogP contribution is -1.99. The summed E-state index contributed by atoms with van der Waals surface area (Å²) in [6.07, 6.45) is 0.976. The summed E-state index contributed by atoms with van der Waals surface area (Å²) in [6.45, 7) is 0.733. The van der Waals surface area contributed by atoms with Crippen molar-refractivity contribution in [3.63, 3.8) is 0 Å². The van der Waals surface area contributed by atoms with Gasteiger partial charge in [0, 0.05) is 15.8 Å². The maximum absolute atomic E-state index is 5.64. The van der Waals surface area contributed by atoms with Crippen LogP contribution in [0.3, 0.4) is 0 Å². The van der Waals surface area contributed by atoms with E-state index in [1.807, 2.05) is 24.3 Å². The predicted molar refractivity (Wildman–Crippen MR) is 67.7 cm³/mol. The van der Waals surface area contributed by atoms with Crippen LogP contribution in [0.25, 0.3) is 0 Å². The second-order valence-electron chi connectivity index (χ2n) is 3.14. The lowest BCUT2D eigenvalue weighted by Gasteiger charge is -2.05. The molecule has 1 nitrogen and oxygen atoms in total. The molecule has 0 radical (unpaired) electrons. The molecule has 0 saturated carbocycles. The van der Waals surface area contributed by atoms with Crippen LogP contribution in [0.15, 0.2) is 46.3 Å². The van der Waals surface area contributed by atoms with Gasteiger partial charge in [0.25, 0.3) is 0 Å². The van der Waals surface area contributed by atoms with Crippen molar-refractivity contribution in [3.8, 4) is 5.75 Å². The Morgan fingerprint density at radius 2 is 2.13 bits per heavy atom. The summed E-state index contributed by atoms with van der Waals surface area (Å²) in [5, 5.41) is 2.09. The summed E-state index contributed by atoms with van der Waals surface area (Å²) in [7, 11) is 0. The van der Waals surface area contributed by atoms with E-state index in [1.54, 1.807) is 11.3 Å². The fourth-order valence-corrected chi connectivity index (χ4v) is 2.35. The van der Waals surface area contributed by atoms with Crippen molar-refractivity contribution in [2.75, 3.05) is 6.61 Å².